The Balaban J connectivity index is 1.01. The molecule has 0 aliphatic carbocycles. The minimum Gasteiger partial charge on any atom is -0.399 e. The molecule has 3 aromatic rings. The Bertz CT molecular complexity index is 1370. The summed E-state index contributed by atoms with van der Waals surface area (Å²) in [5, 5.41) is 1.62. The van der Waals surface area contributed by atoms with Gasteiger partial charge in [0, 0.05) is 29.5 Å². The number of rotatable bonds is 10. The normalized spacial score (nSPS) is 17.5. The molecule has 0 atom stereocenters. The molecule has 0 spiro atoms. The minimum atomic E-state index is -0.420. The van der Waals surface area contributed by atoms with Gasteiger partial charge in [-0.05, 0) is 69.1 Å². The summed E-state index contributed by atoms with van der Waals surface area (Å²) in [4.78, 5) is 44.9. The average Bonchev–Trinajstić information content (AvgIpc) is 3.15. The molecule has 208 valence electrons. The van der Waals surface area contributed by atoms with Crippen LogP contribution in [0.3, 0.4) is 0 Å². The number of nitrogens with zero attached hydrogens (tertiary/aromatic N) is 1. The van der Waals surface area contributed by atoms with Crippen LogP contribution in [0.2, 0.25) is 0 Å². The minimum absolute atomic E-state index is 0.209. The van der Waals surface area contributed by atoms with Crippen LogP contribution in [0.4, 0.5) is 0 Å². The van der Waals surface area contributed by atoms with Gasteiger partial charge in [0.15, 0.2) is 0 Å². The Morgan fingerprint density at radius 1 is 0.850 bits per heavy atom. The predicted molar refractivity (Wildman–Crippen MR) is 153 cm³/mol. The highest BCUT2D eigenvalue weighted by Gasteiger charge is 2.51. The van der Waals surface area contributed by atoms with Gasteiger partial charge in [-0.25, -0.2) is 5.48 Å². The molecule has 0 bridgehead atoms. The third-order valence-electron chi connectivity index (χ3n) is 8.07. The lowest BCUT2D eigenvalue weighted by atomic mass is 9.79. The summed E-state index contributed by atoms with van der Waals surface area (Å²) in [5.74, 6) is -0.728. The molecule has 0 saturated carbocycles. The summed E-state index contributed by atoms with van der Waals surface area (Å²) in [6, 6.07) is 18.8. The summed E-state index contributed by atoms with van der Waals surface area (Å²) >= 11 is 0. The van der Waals surface area contributed by atoms with E-state index in [1.807, 2.05) is 76.2 Å². The number of hydrogen-bond donors (Lipinski definition) is 1. The second-order valence-corrected chi connectivity index (χ2v) is 11.4. The van der Waals surface area contributed by atoms with Gasteiger partial charge in [-0.3, -0.25) is 24.1 Å². The Kier molecular flexibility index (Phi) is 7.82. The van der Waals surface area contributed by atoms with E-state index < -0.39 is 18.3 Å². The van der Waals surface area contributed by atoms with Crippen LogP contribution in [0.5, 0.6) is 0 Å². The van der Waals surface area contributed by atoms with E-state index in [4.69, 9.17) is 14.1 Å². The maximum atomic E-state index is 13.0. The van der Waals surface area contributed by atoms with Crippen LogP contribution in [0, 0.1) is 0 Å². The fourth-order valence-electron chi connectivity index (χ4n) is 5.02. The molecular formula is C31H35BN2O6. The summed E-state index contributed by atoms with van der Waals surface area (Å²) < 4.78 is 12.2. The average molecular weight is 542 g/mol. The van der Waals surface area contributed by atoms with Gasteiger partial charge in [0.2, 0.25) is 5.91 Å². The van der Waals surface area contributed by atoms with Crippen LogP contribution < -0.4 is 10.9 Å². The molecule has 5 rings (SSSR count). The Labute approximate surface area is 235 Å². The smallest absolute Gasteiger partial charge is 0.399 e. The monoisotopic (exact) mass is 542 g/mol. The van der Waals surface area contributed by atoms with E-state index in [-0.39, 0.29) is 24.3 Å². The molecule has 0 aromatic heterocycles. The lowest BCUT2D eigenvalue weighted by Gasteiger charge is -2.32. The Morgan fingerprint density at radius 3 is 2.05 bits per heavy atom. The molecule has 2 aliphatic rings. The van der Waals surface area contributed by atoms with Crippen LogP contribution in [0.15, 0.2) is 60.7 Å². The third-order valence-corrected chi connectivity index (χ3v) is 8.07. The third kappa shape index (κ3) is 5.54. The van der Waals surface area contributed by atoms with Crippen LogP contribution in [0.1, 0.15) is 79.7 Å². The van der Waals surface area contributed by atoms with Crippen molar-refractivity contribution in [1.82, 2.24) is 10.4 Å². The highest BCUT2D eigenvalue weighted by molar-refractivity contribution is 6.62. The van der Waals surface area contributed by atoms with Gasteiger partial charge in [0.25, 0.3) is 11.8 Å². The van der Waals surface area contributed by atoms with Crippen molar-refractivity contribution in [3.05, 3.63) is 77.4 Å². The number of hydrogen-bond acceptors (Lipinski definition) is 6. The van der Waals surface area contributed by atoms with Crippen LogP contribution in [-0.4, -0.2) is 47.5 Å². The van der Waals surface area contributed by atoms with E-state index >= 15 is 0 Å². The standard InChI is InChI=1S/C31H35BN2O6/c1-30(2)31(3,4)40-32(39-30)23-17-15-21(16-18-23)20-38-33-26(35)14-6-5-7-19-34-28(36)24-12-8-10-22-11-9-13-25(27(22)24)29(34)37/h8-13,15-18H,5-7,14,19-20H2,1-4H3,(H,33,35). The molecule has 1 fully saturated rings. The van der Waals surface area contributed by atoms with Crippen LogP contribution >= 0.6 is 0 Å². The van der Waals surface area contributed by atoms with E-state index in [0.717, 1.165) is 21.8 Å². The van der Waals surface area contributed by atoms with Crippen molar-refractivity contribution in [2.24, 2.45) is 0 Å². The first-order chi connectivity index (χ1) is 19.1. The van der Waals surface area contributed by atoms with Gasteiger partial charge < -0.3 is 9.31 Å². The lowest BCUT2D eigenvalue weighted by molar-refractivity contribution is -0.134. The van der Waals surface area contributed by atoms with Gasteiger partial charge in [-0.15, -0.1) is 0 Å². The summed E-state index contributed by atoms with van der Waals surface area (Å²) in [6.45, 7) is 8.65. The van der Waals surface area contributed by atoms with E-state index in [1.54, 1.807) is 12.1 Å². The van der Waals surface area contributed by atoms with Crippen molar-refractivity contribution in [3.63, 3.8) is 0 Å². The summed E-state index contributed by atoms with van der Waals surface area (Å²) in [5.41, 5.74) is 4.67. The maximum Gasteiger partial charge on any atom is 0.494 e. The van der Waals surface area contributed by atoms with Gasteiger partial charge >= 0.3 is 7.12 Å². The summed E-state index contributed by atoms with van der Waals surface area (Å²) in [6.07, 6.45) is 2.25. The molecular weight excluding hydrogens is 507 g/mol. The largest absolute Gasteiger partial charge is 0.494 e. The Hall–Kier alpha value is -3.53. The fraction of sp³-hybridized carbons (Fsp3) is 0.387. The summed E-state index contributed by atoms with van der Waals surface area (Å²) in [7, 11) is -0.420. The van der Waals surface area contributed by atoms with E-state index in [9.17, 15) is 14.4 Å². The molecule has 40 heavy (non-hydrogen) atoms. The first-order valence-corrected chi connectivity index (χ1v) is 13.8. The number of carbonyl (C=O) groups is 3. The van der Waals surface area contributed by atoms with Crippen LogP contribution in [-0.2, 0) is 25.5 Å². The molecule has 1 saturated heterocycles. The number of benzene rings is 3. The number of hydroxylamine groups is 1. The van der Waals surface area contributed by atoms with Crippen molar-refractivity contribution in [3.8, 4) is 0 Å². The first-order valence-electron chi connectivity index (χ1n) is 13.8. The number of unbranched alkanes of at least 4 members (excludes halogenated alkanes) is 2. The quantitative estimate of drug-likeness (QED) is 0.175. The van der Waals surface area contributed by atoms with Gasteiger partial charge in [0.05, 0.1) is 17.8 Å². The molecule has 0 unspecified atom stereocenters. The highest BCUT2D eigenvalue weighted by atomic mass is 16.7. The first kappa shape index (κ1) is 28.0. The zero-order valence-corrected chi connectivity index (χ0v) is 23.5. The molecule has 2 aliphatic heterocycles. The van der Waals surface area contributed by atoms with Crippen LogP contribution in [0.25, 0.3) is 10.8 Å². The molecule has 8 nitrogen and oxygen atoms in total. The van der Waals surface area contributed by atoms with Gasteiger partial charge in [0.1, 0.15) is 0 Å². The van der Waals surface area contributed by atoms with E-state index in [2.05, 4.69) is 5.48 Å². The number of carbonyl (C=O) groups excluding carboxylic acids is 3. The van der Waals surface area contributed by atoms with Crippen molar-refractivity contribution in [2.75, 3.05) is 6.54 Å². The Morgan fingerprint density at radius 2 is 1.45 bits per heavy atom. The van der Waals surface area contributed by atoms with E-state index in [1.165, 1.54) is 4.90 Å². The molecule has 9 heteroatoms. The molecule has 0 radical (unpaired) electrons. The van der Waals surface area contributed by atoms with E-state index in [0.29, 0.717) is 43.4 Å². The second kappa shape index (κ2) is 11.2. The topological polar surface area (TPSA) is 94.2 Å². The predicted octanol–water partition coefficient (Wildman–Crippen LogP) is 4.54. The molecule has 3 aromatic carbocycles. The molecule has 1 N–H and O–H groups in total. The number of nitrogens with one attached hydrogen (secondary N) is 1. The van der Waals surface area contributed by atoms with Gasteiger partial charge in [-0.2, -0.15) is 0 Å². The van der Waals surface area contributed by atoms with Crippen molar-refractivity contribution >= 4 is 41.1 Å². The molecule has 2 heterocycles. The molecule has 3 amide bonds. The maximum absolute atomic E-state index is 13.0. The van der Waals surface area contributed by atoms with Crippen molar-refractivity contribution in [2.45, 2.75) is 71.2 Å². The highest BCUT2D eigenvalue weighted by Crippen LogP contribution is 2.36. The number of imide groups is 1. The van der Waals surface area contributed by atoms with Crippen molar-refractivity contribution < 1.29 is 28.5 Å². The fourth-order valence-corrected chi connectivity index (χ4v) is 5.02. The SMILES string of the molecule is CC1(C)OB(c2ccc(CONC(=O)CCCCCN3C(=O)c4cccc5cccc(c45)C3=O)cc2)OC1(C)C. The van der Waals surface area contributed by atoms with Crippen molar-refractivity contribution in [1.29, 1.82) is 0 Å². The number of amides is 3. The zero-order valence-electron chi connectivity index (χ0n) is 23.5. The lowest BCUT2D eigenvalue weighted by Crippen LogP contribution is -2.41. The zero-order chi connectivity index (χ0) is 28.5. The second-order valence-electron chi connectivity index (χ2n) is 11.4. The van der Waals surface area contributed by atoms with Gasteiger partial charge in [-0.1, -0.05) is 55.0 Å².